The van der Waals surface area contributed by atoms with Gasteiger partial charge in [0, 0.05) is 51.4 Å². The highest BCUT2D eigenvalue weighted by Gasteiger charge is 2.78. The summed E-state index contributed by atoms with van der Waals surface area (Å²) in [7, 11) is -2.53. The molecule has 2 saturated carbocycles. The molecule has 2 bridgehead atoms. The molecule has 1 amide bonds. The molecule has 13 nitrogen and oxygen atoms in total. The molecule has 316 valence electrons. The van der Waals surface area contributed by atoms with E-state index in [0.29, 0.717) is 31.8 Å². The number of aliphatic hydroxyl groups excluding tert-OH is 1. The molecule has 2 heterocycles. The van der Waals surface area contributed by atoms with E-state index in [-0.39, 0.29) is 30.6 Å². The SMILES string of the molecule is CCCN1CCN(C(=O)O[C@H]2C(=O)[C@@]3(C)C([C@H](OC(=O)c4ccccc4)[C@]4(O)C[C@H](O)C(C)=C2C4(C)C)[C@]2(OC(C)=O)CO[C@@H]2C[C@@H]3O[Si](CC)(CC)CC)CC1. The van der Waals surface area contributed by atoms with Gasteiger partial charge in [-0.15, -0.1) is 0 Å². The fourth-order valence-electron chi connectivity index (χ4n) is 10.8. The van der Waals surface area contributed by atoms with E-state index in [4.69, 9.17) is 23.4 Å². The van der Waals surface area contributed by atoms with E-state index in [9.17, 15) is 24.6 Å². The molecule has 1 aromatic carbocycles. The number of benzene rings is 1. The lowest BCUT2D eigenvalue weighted by Gasteiger charge is -2.68. The van der Waals surface area contributed by atoms with Gasteiger partial charge in [0.2, 0.25) is 0 Å². The van der Waals surface area contributed by atoms with Crippen LogP contribution in [0, 0.1) is 16.7 Å². The topological polar surface area (TPSA) is 161 Å². The molecule has 0 radical (unpaired) electrons. The number of hydrogen-bond acceptors (Lipinski definition) is 12. The Balaban J connectivity index is 1.61. The smallest absolute Gasteiger partial charge is 0.410 e. The molecule has 4 fully saturated rings. The van der Waals surface area contributed by atoms with Crippen molar-refractivity contribution in [2.24, 2.45) is 16.7 Å². The number of amides is 1. The maximum atomic E-state index is 16.2. The molecular formula is C43H64N2O11Si. The number of rotatable bonds is 11. The van der Waals surface area contributed by atoms with Gasteiger partial charge < -0.3 is 38.5 Å². The average Bonchev–Trinajstić information content (AvgIpc) is 3.18. The summed E-state index contributed by atoms with van der Waals surface area (Å²) in [6.07, 6.45) is -5.87. The zero-order valence-electron chi connectivity index (χ0n) is 35.3. The minimum absolute atomic E-state index is 0.137. The molecule has 3 aliphatic carbocycles. The summed E-state index contributed by atoms with van der Waals surface area (Å²) in [4.78, 5) is 62.0. The summed E-state index contributed by atoms with van der Waals surface area (Å²) in [6, 6.07) is 10.6. The van der Waals surface area contributed by atoms with Crippen molar-refractivity contribution in [1.82, 2.24) is 9.80 Å². The Bertz CT molecular complexity index is 1720. The zero-order chi connectivity index (χ0) is 41.7. The molecule has 0 aromatic heterocycles. The van der Waals surface area contributed by atoms with Crippen molar-refractivity contribution < 1.29 is 52.8 Å². The molecule has 1 unspecified atom stereocenters. The number of ether oxygens (including phenoxy) is 4. The highest BCUT2D eigenvalue weighted by Crippen LogP contribution is 2.65. The maximum absolute atomic E-state index is 16.2. The first kappa shape index (κ1) is 43.4. The molecule has 5 aliphatic rings. The third kappa shape index (κ3) is 7.09. The van der Waals surface area contributed by atoms with E-state index < -0.39 is 90.6 Å². The van der Waals surface area contributed by atoms with Crippen LogP contribution in [0.5, 0.6) is 0 Å². The fraction of sp³-hybridized carbons (Fsp3) is 0.721. The van der Waals surface area contributed by atoms with Gasteiger partial charge in [-0.05, 0) is 68.2 Å². The van der Waals surface area contributed by atoms with Crippen molar-refractivity contribution in [3.63, 3.8) is 0 Å². The lowest BCUT2D eigenvalue weighted by atomic mass is 9.44. The van der Waals surface area contributed by atoms with Crippen LogP contribution >= 0.6 is 0 Å². The highest BCUT2D eigenvalue weighted by atomic mass is 28.4. The maximum Gasteiger partial charge on any atom is 0.410 e. The van der Waals surface area contributed by atoms with E-state index in [2.05, 4.69) is 32.6 Å². The lowest BCUT2D eigenvalue weighted by Crippen LogP contribution is -2.82. The second-order valence-corrected chi connectivity index (χ2v) is 22.4. The largest absolute Gasteiger partial charge is 0.455 e. The minimum Gasteiger partial charge on any atom is -0.455 e. The normalized spacial score (nSPS) is 35.2. The van der Waals surface area contributed by atoms with Gasteiger partial charge >= 0.3 is 18.0 Å². The summed E-state index contributed by atoms with van der Waals surface area (Å²) in [6.45, 7) is 19.4. The summed E-state index contributed by atoms with van der Waals surface area (Å²) < 4.78 is 32.9. The number of aliphatic hydroxyl groups is 2. The summed E-state index contributed by atoms with van der Waals surface area (Å²) in [5, 5.41) is 25.5. The summed E-state index contributed by atoms with van der Waals surface area (Å²) >= 11 is 0. The predicted molar refractivity (Wildman–Crippen MR) is 214 cm³/mol. The molecule has 2 aliphatic heterocycles. The van der Waals surface area contributed by atoms with Crippen LogP contribution in [0.25, 0.3) is 0 Å². The standard InChI is InChI=1S/C43H64N2O11Si/c1-10-19-44-20-22-45(23-21-44)39(50)53-34-33-27(5)30(47)25-43(51,40(33,7)8)37(54-38(49)29-17-15-14-16-18-29)35-41(9,36(34)48)31(56-57(11-2,12-3)13-4)24-32-42(35,26-52-32)55-28(6)46/h14-18,30-32,34-35,37,47,51H,10-13,19-26H2,1-9H3/t30-,31-,32+,34+,35?,37-,41+,42-,43+/m0/s1. The third-order valence-electron chi connectivity index (χ3n) is 14.6. The zero-order valence-corrected chi connectivity index (χ0v) is 36.3. The number of nitrogens with zero attached hydrogens (tertiary/aromatic N) is 2. The van der Waals surface area contributed by atoms with Gasteiger partial charge in [-0.25, -0.2) is 9.59 Å². The van der Waals surface area contributed by atoms with Crippen molar-refractivity contribution in [2.75, 3.05) is 39.3 Å². The molecule has 9 atom stereocenters. The van der Waals surface area contributed by atoms with Gasteiger partial charge in [-0.3, -0.25) is 14.5 Å². The van der Waals surface area contributed by atoms with E-state index in [1.165, 1.54) is 6.92 Å². The number of esters is 2. The molecule has 57 heavy (non-hydrogen) atoms. The molecule has 14 heteroatoms. The van der Waals surface area contributed by atoms with Gasteiger partial charge in [0.05, 0.1) is 35.7 Å². The van der Waals surface area contributed by atoms with E-state index in [0.717, 1.165) is 31.1 Å². The average molecular weight is 813 g/mol. The van der Waals surface area contributed by atoms with Crippen molar-refractivity contribution in [3.8, 4) is 0 Å². The monoisotopic (exact) mass is 812 g/mol. The Hall–Kier alpha value is -3.14. The fourth-order valence-corrected chi connectivity index (χ4v) is 13.8. The van der Waals surface area contributed by atoms with Gasteiger partial charge in [-0.1, -0.05) is 59.7 Å². The number of fused-ring (bicyclic) bond motifs is 5. The molecule has 0 spiro atoms. The Morgan fingerprint density at radius 3 is 2.14 bits per heavy atom. The van der Waals surface area contributed by atoms with Crippen LogP contribution in [-0.4, -0.2) is 133 Å². The van der Waals surface area contributed by atoms with Crippen LogP contribution in [0.1, 0.15) is 91.9 Å². The van der Waals surface area contributed by atoms with Crippen molar-refractivity contribution in [3.05, 3.63) is 47.0 Å². The van der Waals surface area contributed by atoms with Gasteiger partial charge in [0.25, 0.3) is 0 Å². The van der Waals surface area contributed by atoms with Crippen molar-refractivity contribution >= 4 is 32.1 Å². The Morgan fingerprint density at radius 2 is 1.60 bits per heavy atom. The summed E-state index contributed by atoms with van der Waals surface area (Å²) in [5.74, 6) is -3.19. The third-order valence-corrected chi connectivity index (χ3v) is 19.3. The number of ketones is 1. The molecule has 1 aromatic rings. The number of carbonyl (C=O) groups is 4. The number of hydrogen-bond donors (Lipinski definition) is 2. The van der Waals surface area contributed by atoms with E-state index in [1.807, 2.05) is 0 Å². The van der Waals surface area contributed by atoms with Crippen LogP contribution in [0.3, 0.4) is 0 Å². The minimum atomic E-state index is -2.53. The van der Waals surface area contributed by atoms with Gasteiger partial charge in [-0.2, -0.15) is 0 Å². The van der Waals surface area contributed by atoms with Crippen LogP contribution < -0.4 is 0 Å². The van der Waals surface area contributed by atoms with E-state index >= 15 is 4.79 Å². The number of carbonyl (C=O) groups excluding carboxylic acids is 4. The number of Topliss-reactive ketones (excluding diaryl/α,β-unsaturated/α-hetero) is 1. The van der Waals surface area contributed by atoms with Crippen LogP contribution in [0.15, 0.2) is 41.5 Å². The van der Waals surface area contributed by atoms with Gasteiger partial charge in [0.15, 0.2) is 25.8 Å². The van der Waals surface area contributed by atoms with Crippen LogP contribution in [0.4, 0.5) is 4.79 Å². The van der Waals surface area contributed by atoms with Crippen molar-refractivity contribution in [2.45, 2.75) is 141 Å². The Morgan fingerprint density at radius 1 is 0.965 bits per heavy atom. The second-order valence-electron chi connectivity index (χ2n) is 17.7. The van der Waals surface area contributed by atoms with E-state index in [1.54, 1.807) is 62.9 Å². The first-order chi connectivity index (χ1) is 26.9. The first-order valence-electron chi connectivity index (χ1n) is 21.0. The van der Waals surface area contributed by atoms with Crippen LogP contribution in [0.2, 0.25) is 18.1 Å². The second kappa shape index (κ2) is 16.1. The lowest BCUT2D eigenvalue weighted by molar-refractivity contribution is -0.344. The first-order valence-corrected chi connectivity index (χ1v) is 23.5. The molecule has 2 N–H and O–H groups in total. The Labute approximate surface area is 338 Å². The highest BCUT2D eigenvalue weighted by molar-refractivity contribution is 6.73. The van der Waals surface area contributed by atoms with Gasteiger partial charge in [0.1, 0.15) is 17.8 Å². The van der Waals surface area contributed by atoms with Crippen molar-refractivity contribution in [1.29, 1.82) is 0 Å². The van der Waals surface area contributed by atoms with Crippen LogP contribution in [-0.2, 0) is 33.0 Å². The Kier molecular flexibility index (Phi) is 12.3. The molecule has 2 saturated heterocycles. The molecule has 6 rings (SSSR count). The molecular weight excluding hydrogens is 749 g/mol. The predicted octanol–water partition coefficient (Wildman–Crippen LogP) is 5.28. The summed E-state index contributed by atoms with van der Waals surface area (Å²) in [5.41, 5.74) is -5.93. The number of piperazine rings is 1. The quantitative estimate of drug-likeness (QED) is 0.129.